The molecule has 0 saturated carbocycles. The first-order valence-electron chi connectivity index (χ1n) is 6.99. The van der Waals surface area contributed by atoms with E-state index >= 15 is 0 Å². The zero-order valence-electron chi connectivity index (χ0n) is 12.6. The fraction of sp³-hybridized carbons (Fsp3) is 0.714. The van der Waals surface area contributed by atoms with Gasteiger partial charge in [0.15, 0.2) is 0 Å². The van der Waals surface area contributed by atoms with Crippen molar-refractivity contribution in [3.8, 4) is 0 Å². The lowest BCUT2D eigenvalue weighted by molar-refractivity contribution is 0.315. The summed E-state index contributed by atoms with van der Waals surface area (Å²) in [5.41, 5.74) is 0. The number of hydrogen-bond acceptors (Lipinski definition) is 5. The molecule has 1 fully saturated rings. The van der Waals surface area contributed by atoms with Crippen LogP contribution in [0.25, 0.3) is 0 Å². The third-order valence-electron chi connectivity index (χ3n) is 3.72. The molecule has 0 radical (unpaired) electrons. The SMILES string of the molecule is CNc1cc(N2CCC(N(C)C)C2)nc(C(C)C)n1. The fourth-order valence-electron chi connectivity index (χ4n) is 2.37. The van der Waals surface area contributed by atoms with Gasteiger partial charge >= 0.3 is 0 Å². The lowest BCUT2D eigenvalue weighted by Gasteiger charge is -2.22. The van der Waals surface area contributed by atoms with Gasteiger partial charge in [-0.3, -0.25) is 0 Å². The summed E-state index contributed by atoms with van der Waals surface area (Å²) in [4.78, 5) is 13.9. The van der Waals surface area contributed by atoms with Crippen LogP contribution in [0.1, 0.15) is 32.0 Å². The molecule has 0 amide bonds. The summed E-state index contributed by atoms with van der Waals surface area (Å²) < 4.78 is 0. The molecule has 1 aromatic rings. The van der Waals surface area contributed by atoms with Crippen molar-refractivity contribution in [2.45, 2.75) is 32.2 Å². The van der Waals surface area contributed by atoms with Crippen molar-refractivity contribution in [2.24, 2.45) is 0 Å². The Labute approximate surface area is 116 Å². The van der Waals surface area contributed by atoms with Crippen LogP contribution < -0.4 is 10.2 Å². The maximum Gasteiger partial charge on any atom is 0.135 e. The van der Waals surface area contributed by atoms with Crippen molar-refractivity contribution < 1.29 is 0 Å². The first kappa shape index (κ1) is 14.1. The van der Waals surface area contributed by atoms with Crippen LogP contribution in [0, 0.1) is 0 Å². The van der Waals surface area contributed by atoms with Gasteiger partial charge in [-0.2, -0.15) is 0 Å². The van der Waals surface area contributed by atoms with Crippen LogP contribution in [0.2, 0.25) is 0 Å². The Morgan fingerprint density at radius 1 is 1.37 bits per heavy atom. The van der Waals surface area contributed by atoms with Gasteiger partial charge in [-0.15, -0.1) is 0 Å². The second-order valence-corrected chi connectivity index (χ2v) is 5.73. The highest BCUT2D eigenvalue weighted by molar-refractivity contribution is 5.50. The van der Waals surface area contributed by atoms with Crippen molar-refractivity contribution in [3.63, 3.8) is 0 Å². The average molecular weight is 263 g/mol. The quantitative estimate of drug-likeness (QED) is 0.897. The third-order valence-corrected chi connectivity index (χ3v) is 3.72. The summed E-state index contributed by atoms with van der Waals surface area (Å²) in [6.07, 6.45) is 1.20. The molecular weight excluding hydrogens is 238 g/mol. The molecule has 1 N–H and O–H groups in total. The van der Waals surface area contributed by atoms with E-state index in [2.05, 4.69) is 48.0 Å². The second kappa shape index (κ2) is 5.74. The number of hydrogen-bond donors (Lipinski definition) is 1. The van der Waals surface area contributed by atoms with Crippen molar-refractivity contribution >= 4 is 11.6 Å². The molecular formula is C14H25N5. The molecule has 0 spiro atoms. The molecule has 5 nitrogen and oxygen atoms in total. The standard InChI is InChI=1S/C14H25N5/c1-10(2)14-16-12(15-3)8-13(17-14)19-7-6-11(9-19)18(4)5/h8,10-11H,6-7,9H2,1-5H3,(H,15,16,17). The van der Waals surface area contributed by atoms with E-state index in [1.54, 1.807) is 0 Å². The third kappa shape index (κ3) is 3.15. The Bertz CT molecular complexity index is 430. The summed E-state index contributed by atoms with van der Waals surface area (Å²) >= 11 is 0. The molecule has 1 unspecified atom stereocenters. The minimum absolute atomic E-state index is 0.347. The highest BCUT2D eigenvalue weighted by Crippen LogP contribution is 2.24. The molecule has 106 valence electrons. The van der Waals surface area contributed by atoms with E-state index < -0.39 is 0 Å². The van der Waals surface area contributed by atoms with Gasteiger partial charge in [0, 0.05) is 38.2 Å². The van der Waals surface area contributed by atoms with E-state index in [0.717, 1.165) is 30.5 Å². The summed E-state index contributed by atoms with van der Waals surface area (Å²) in [5.74, 6) is 3.21. The maximum atomic E-state index is 4.71. The molecule has 1 atom stereocenters. The van der Waals surface area contributed by atoms with E-state index in [1.807, 2.05) is 13.1 Å². The van der Waals surface area contributed by atoms with Gasteiger partial charge in [0.1, 0.15) is 17.5 Å². The van der Waals surface area contributed by atoms with Crippen molar-refractivity contribution in [1.82, 2.24) is 14.9 Å². The molecule has 19 heavy (non-hydrogen) atoms. The van der Waals surface area contributed by atoms with Gasteiger partial charge in [0.2, 0.25) is 0 Å². The highest BCUT2D eigenvalue weighted by Gasteiger charge is 2.25. The van der Waals surface area contributed by atoms with Gasteiger partial charge in [0.05, 0.1) is 0 Å². The fourth-order valence-corrected chi connectivity index (χ4v) is 2.37. The van der Waals surface area contributed by atoms with Gasteiger partial charge in [-0.05, 0) is 20.5 Å². The first-order chi connectivity index (χ1) is 9.01. The zero-order chi connectivity index (χ0) is 14.0. The summed E-state index contributed by atoms with van der Waals surface area (Å²) in [5, 5.41) is 3.13. The van der Waals surface area contributed by atoms with Crippen molar-refractivity contribution in [1.29, 1.82) is 0 Å². The Hall–Kier alpha value is -1.36. The van der Waals surface area contributed by atoms with Crippen LogP contribution in [0.4, 0.5) is 11.6 Å². The normalized spacial score (nSPS) is 19.5. The van der Waals surface area contributed by atoms with Gasteiger partial charge in [-0.1, -0.05) is 13.8 Å². The number of aromatic nitrogens is 2. The number of nitrogens with one attached hydrogen (secondary N) is 1. The van der Waals surface area contributed by atoms with E-state index in [0.29, 0.717) is 12.0 Å². The lowest BCUT2D eigenvalue weighted by Crippen LogP contribution is -2.31. The van der Waals surface area contributed by atoms with Crippen LogP contribution in [-0.4, -0.2) is 55.1 Å². The number of rotatable bonds is 4. The molecule has 5 heteroatoms. The minimum Gasteiger partial charge on any atom is -0.373 e. The van der Waals surface area contributed by atoms with Gasteiger partial charge in [0.25, 0.3) is 0 Å². The van der Waals surface area contributed by atoms with Gasteiger partial charge in [-0.25, -0.2) is 9.97 Å². The smallest absolute Gasteiger partial charge is 0.135 e. The van der Waals surface area contributed by atoms with Crippen molar-refractivity contribution in [3.05, 3.63) is 11.9 Å². The van der Waals surface area contributed by atoms with Crippen LogP contribution >= 0.6 is 0 Å². The predicted octanol–water partition coefficient (Wildman–Crippen LogP) is 1.78. The molecule has 0 bridgehead atoms. The van der Waals surface area contributed by atoms with Gasteiger partial charge < -0.3 is 15.1 Å². The second-order valence-electron chi connectivity index (χ2n) is 5.73. The maximum absolute atomic E-state index is 4.71. The minimum atomic E-state index is 0.347. The Balaban J connectivity index is 2.22. The van der Waals surface area contributed by atoms with E-state index in [-0.39, 0.29) is 0 Å². The predicted molar refractivity (Wildman–Crippen MR) is 80.0 cm³/mol. The lowest BCUT2D eigenvalue weighted by atomic mass is 10.2. The molecule has 1 aromatic heterocycles. The number of likely N-dealkylation sites (N-methyl/N-ethyl adjacent to an activating group) is 1. The van der Waals surface area contributed by atoms with Crippen LogP contribution in [0.15, 0.2) is 6.07 Å². The van der Waals surface area contributed by atoms with E-state index in [9.17, 15) is 0 Å². The van der Waals surface area contributed by atoms with Crippen LogP contribution in [0.3, 0.4) is 0 Å². The topological polar surface area (TPSA) is 44.3 Å². The zero-order valence-corrected chi connectivity index (χ0v) is 12.6. The summed E-state index contributed by atoms with van der Waals surface area (Å²) in [6, 6.07) is 2.67. The average Bonchev–Trinajstić information content (AvgIpc) is 2.87. The molecule has 0 aromatic carbocycles. The summed E-state index contributed by atoms with van der Waals surface area (Å²) in [7, 11) is 6.20. The van der Waals surface area contributed by atoms with Crippen LogP contribution in [-0.2, 0) is 0 Å². The number of nitrogens with zero attached hydrogens (tertiary/aromatic N) is 4. The van der Waals surface area contributed by atoms with Crippen molar-refractivity contribution in [2.75, 3.05) is 44.4 Å². The molecule has 1 aliphatic rings. The molecule has 2 rings (SSSR count). The first-order valence-corrected chi connectivity index (χ1v) is 6.99. The molecule has 0 aliphatic carbocycles. The Morgan fingerprint density at radius 3 is 2.63 bits per heavy atom. The van der Waals surface area contributed by atoms with E-state index in [4.69, 9.17) is 4.98 Å². The Morgan fingerprint density at radius 2 is 2.11 bits per heavy atom. The largest absolute Gasteiger partial charge is 0.373 e. The number of anilines is 2. The molecule has 1 saturated heterocycles. The monoisotopic (exact) mass is 263 g/mol. The molecule has 2 heterocycles. The van der Waals surface area contributed by atoms with E-state index in [1.165, 1.54) is 6.42 Å². The Kier molecular flexibility index (Phi) is 4.24. The van der Waals surface area contributed by atoms with Crippen LogP contribution in [0.5, 0.6) is 0 Å². The highest BCUT2D eigenvalue weighted by atomic mass is 15.3. The molecule has 1 aliphatic heterocycles. The summed E-state index contributed by atoms with van der Waals surface area (Å²) in [6.45, 7) is 6.38.